The Morgan fingerprint density at radius 2 is 2.00 bits per heavy atom. The number of nitrogens with zero attached hydrogens (tertiary/aromatic N) is 2. The minimum atomic E-state index is -0.528. The van der Waals surface area contributed by atoms with Gasteiger partial charge in [-0.25, -0.2) is 0 Å². The predicted octanol–water partition coefficient (Wildman–Crippen LogP) is 3.06. The molecule has 1 aliphatic rings. The second kappa shape index (κ2) is 5.77. The normalized spacial score (nSPS) is 12.9. The number of Topliss-reactive ketones (excluding diaryl/α,β-unsaturated/α-hetero) is 1. The molecule has 0 saturated heterocycles. The van der Waals surface area contributed by atoms with E-state index in [0.717, 1.165) is 11.3 Å². The molecule has 24 heavy (non-hydrogen) atoms. The highest BCUT2D eigenvalue weighted by Crippen LogP contribution is 2.33. The van der Waals surface area contributed by atoms with Crippen molar-refractivity contribution >= 4 is 34.4 Å². The first-order valence-electron chi connectivity index (χ1n) is 7.32. The number of nitrogens with one attached hydrogen (secondary N) is 1. The average molecular weight is 325 g/mol. The minimum Gasteiger partial charge on any atom is -0.350 e. The van der Waals surface area contributed by atoms with Gasteiger partial charge in [-0.2, -0.15) is 0 Å². The van der Waals surface area contributed by atoms with Gasteiger partial charge in [0.05, 0.1) is 11.3 Å². The fourth-order valence-corrected chi connectivity index (χ4v) is 2.71. The van der Waals surface area contributed by atoms with Crippen LogP contribution in [0.15, 0.2) is 36.4 Å². The molecule has 2 aromatic carbocycles. The first-order chi connectivity index (χ1) is 11.4. The number of nitro groups is 1. The Labute approximate surface area is 138 Å². The predicted molar refractivity (Wildman–Crippen MR) is 89.9 cm³/mol. The summed E-state index contributed by atoms with van der Waals surface area (Å²) in [6, 6.07) is 9.69. The molecule has 0 aliphatic carbocycles. The fourth-order valence-electron chi connectivity index (χ4n) is 2.71. The van der Waals surface area contributed by atoms with Crippen LogP contribution in [-0.2, 0) is 11.2 Å². The smallest absolute Gasteiger partial charge is 0.293 e. The summed E-state index contributed by atoms with van der Waals surface area (Å²) in [6.45, 7) is 1.36. The molecular formula is C17H15N3O4. The summed E-state index contributed by atoms with van der Waals surface area (Å²) < 4.78 is 0. The number of amides is 1. The fraction of sp³-hybridized carbons (Fsp3) is 0.176. The summed E-state index contributed by atoms with van der Waals surface area (Å²) in [6.07, 6.45) is 0.312. The summed E-state index contributed by atoms with van der Waals surface area (Å²) in [5.74, 6) is -0.220. The molecule has 7 heteroatoms. The lowest BCUT2D eigenvalue weighted by molar-refractivity contribution is -0.383. The number of hydrogen-bond acceptors (Lipinski definition) is 5. The Kier molecular flexibility index (Phi) is 3.76. The molecule has 0 fully saturated rings. The molecule has 0 saturated carbocycles. The Balaban J connectivity index is 1.95. The van der Waals surface area contributed by atoms with E-state index < -0.39 is 4.92 Å². The summed E-state index contributed by atoms with van der Waals surface area (Å²) in [7, 11) is 1.71. The van der Waals surface area contributed by atoms with E-state index in [1.54, 1.807) is 36.2 Å². The van der Waals surface area contributed by atoms with Gasteiger partial charge in [0, 0.05) is 30.1 Å². The van der Waals surface area contributed by atoms with E-state index in [-0.39, 0.29) is 22.9 Å². The van der Waals surface area contributed by atoms with Crippen LogP contribution >= 0.6 is 0 Å². The van der Waals surface area contributed by atoms with Crippen molar-refractivity contribution in [1.82, 2.24) is 0 Å². The van der Waals surface area contributed by atoms with E-state index >= 15 is 0 Å². The summed E-state index contributed by atoms with van der Waals surface area (Å²) in [4.78, 5) is 35.5. The van der Waals surface area contributed by atoms with Gasteiger partial charge in [0.1, 0.15) is 5.69 Å². The van der Waals surface area contributed by atoms with Crippen molar-refractivity contribution in [3.8, 4) is 0 Å². The SMILES string of the molecule is CC(=O)c1ccc(Nc2ccc3c(c2)CC(=O)N3C)c([N+](=O)[O-])c1. The number of ketones is 1. The average Bonchev–Trinajstić information content (AvgIpc) is 2.81. The Bertz CT molecular complexity index is 876. The molecule has 1 N–H and O–H groups in total. The zero-order valence-corrected chi connectivity index (χ0v) is 13.2. The molecule has 0 spiro atoms. The largest absolute Gasteiger partial charge is 0.350 e. The van der Waals surface area contributed by atoms with Gasteiger partial charge in [0.2, 0.25) is 5.91 Å². The number of carbonyl (C=O) groups is 2. The van der Waals surface area contributed by atoms with E-state index in [9.17, 15) is 19.7 Å². The van der Waals surface area contributed by atoms with Crippen molar-refractivity contribution in [2.75, 3.05) is 17.3 Å². The Morgan fingerprint density at radius 3 is 2.67 bits per heavy atom. The van der Waals surface area contributed by atoms with E-state index in [2.05, 4.69) is 5.32 Å². The molecule has 1 amide bonds. The van der Waals surface area contributed by atoms with Crippen LogP contribution in [0.3, 0.4) is 0 Å². The molecule has 1 aliphatic heterocycles. The number of rotatable bonds is 4. The van der Waals surface area contributed by atoms with E-state index in [0.29, 0.717) is 17.8 Å². The molecule has 1 heterocycles. The number of carbonyl (C=O) groups excluding carboxylic acids is 2. The third-order valence-electron chi connectivity index (χ3n) is 4.04. The molecule has 0 radical (unpaired) electrons. The summed E-state index contributed by atoms with van der Waals surface area (Å²) >= 11 is 0. The van der Waals surface area contributed by atoms with Gasteiger partial charge >= 0.3 is 0 Å². The third kappa shape index (κ3) is 2.71. The Hall–Kier alpha value is -3.22. The number of benzene rings is 2. The van der Waals surface area contributed by atoms with Crippen molar-refractivity contribution in [2.45, 2.75) is 13.3 Å². The van der Waals surface area contributed by atoms with Crippen LogP contribution in [0.25, 0.3) is 0 Å². The molecular weight excluding hydrogens is 310 g/mol. The minimum absolute atomic E-state index is 0.0129. The van der Waals surface area contributed by atoms with Gasteiger partial charge < -0.3 is 10.2 Å². The molecule has 0 aromatic heterocycles. The number of likely N-dealkylation sites (N-methyl/N-ethyl adjacent to an activating group) is 1. The van der Waals surface area contributed by atoms with Gasteiger partial charge in [-0.1, -0.05) is 0 Å². The quantitative estimate of drug-likeness (QED) is 0.530. The van der Waals surface area contributed by atoms with Gasteiger partial charge in [-0.15, -0.1) is 0 Å². The van der Waals surface area contributed by atoms with E-state index in [1.807, 2.05) is 0 Å². The molecule has 7 nitrogen and oxygen atoms in total. The lowest BCUT2D eigenvalue weighted by Crippen LogP contribution is -2.20. The van der Waals surface area contributed by atoms with Crippen molar-refractivity contribution < 1.29 is 14.5 Å². The maximum atomic E-state index is 11.7. The first-order valence-corrected chi connectivity index (χ1v) is 7.32. The van der Waals surface area contributed by atoms with Crippen LogP contribution in [0.1, 0.15) is 22.8 Å². The molecule has 3 rings (SSSR count). The van der Waals surface area contributed by atoms with Crippen molar-refractivity contribution in [1.29, 1.82) is 0 Å². The van der Waals surface area contributed by atoms with Gasteiger partial charge in [0.25, 0.3) is 5.69 Å². The van der Waals surface area contributed by atoms with Gasteiger partial charge in [0.15, 0.2) is 5.78 Å². The van der Waals surface area contributed by atoms with E-state index in [4.69, 9.17) is 0 Å². The second-order valence-electron chi connectivity index (χ2n) is 5.64. The van der Waals surface area contributed by atoms with Crippen molar-refractivity contribution in [2.24, 2.45) is 0 Å². The van der Waals surface area contributed by atoms with Crippen LogP contribution in [0.5, 0.6) is 0 Å². The van der Waals surface area contributed by atoms with Gasteiger partial charge in [-0.3, -0.25) is 19.7 Å². The zero-order chi connectivity index (χ0) is 17.4. The monoisotopic (exact) mass is 325 g/mol. The molecule has 2 aromatic rings. The van der Waals surface area contributed by atoms with Crippen LogP contribution in [0.2, 0.25) is 0 Å². The zero-order valence-electron chi connectivity index (χ0n) is 13.2. The number of hydrogen-bond donors (Lipinski definition) is 1. The highest BCUT2D eigenvalue weighted by Gasteiger charge is 2.24. The lowest BCUT2D eigenvalue weighted by Gasteiger charge is -2.12. The number of fused-ring (bicyclic) bond motifs is 1. The topological polar surface area (TPSA) is 92.6 Å². The van der Waals surface area contributed by atoms with Gasteiger partial charge in [-0.05, 0) is 42.8 Å². The molecule has 122 valence electrons. The molecule has 0 unspecified atom stereocenters. The first kappa shape index (κ1) is 15.7. The second-order valence-corrected chi connectivity index (χ2v) is 5.64. The third-order valence-corrected chi connectivity index (χ3v) is 4.04. The molecule has 0 bridgehead atoms. The Morgan fingerprint density at radius 1 is 1.25 bits per heavy atom. The van der Waals surface area contributed by atoms with Crippen LogP contribution in [0, 0.1) is 10.1 Å². The maximum Gasteiger partial charge on any atom is 0.293 e. The number of anilines is 3. The highest BCUT2D eigenvalue weighted by atomic mass is 16.6. The molecule has 0 atom stereocenters. The van der Waals surface area contributed by atoms with Crippen LogP contribution in [-0.4, -0.2) is 23.7 Å². The maximum absolute atomic E-state index is 11.7. The standard InChI is InChI=1S/C17H15N3O4/c1-10(21)11-3-5-14(16(8-11)20(23)24)18-13-4-6-15-12(7-13)9-17(22)19(15)2/h3-8,18H,9H2,1-2H3. The van der Waals surface area contributed by atoms with Crippen LogP contribution in [0.4, 0.5) is 22.7 Å². The van der Waals surface area contributed by atoms with Crippen LogP contribution < -0.4 is 10.2 Å². The summed E-state index contributed by atoms with van der Waals surface area (Å²) in [5, 5.41) is 14.3. The van der Waals surface area contributed by atoms with E-state index in [1.165, 1.54) is 19.1 Å². The summed E-state index contributed by atoms with van der Waals surface area (Å²) in [5.41, 5.74) is 2.77. The number of nitro benzene ring substituents is 1. The van der Waals surface area contributed by atoms with Crippen molar-refractivity contribution in [3.63, 3.8) is 0 Å². The highest BCUT2D eigenvalue weighted by molar-refractivity contribution is 6.01. The lowest BCUT2D eigenvalue weighted by atomic mass is 10.1. The van der Waals surface area contributed by atoms with Crippen molar-refractivity contribution in [3.05, 3.63) is 57.6 Å².